The van der Waals surface area contributed by atoms with E-state index in [1.807, 2.05) is 0 Å². The summed E-state index contributed by atoms with van der Waals surface area (Å²) < 4.78 is 5.43. The largest absolute Gasteiger partial charge is 0.356 e. The molecule has 3 heterocycles. The van der Waals surface area contributed by atoms with Crippen molar-refractivity contribution in [1.82, 2.24) is 25.3 Å². The molecule has 7 nitrogen and oxygen atoms in total. The molecule has 2 saturated heterocycles. The normalized spacial score (nSPS) is 20.8. The molecule has 1 amide bonds. The lowest BCUT2D eigenvalue weighted by atomic mass is 9.96. The molecule has 0 saturated carbocycles. The molecule has 0 bridgehead atoms. The molecular formula is C24H33Cl2N5O2. The van der Waals surface area contributed by atoms with E-state index in [2.05, 4.69) is 32.2 Å². The molecule has 2 fully saturated rings. The van der Waals surface area contributed by atoms with Gasteiger partial charge in [-0.3, -0.25) is 9.69 Å². The zero-order valence-electron chi connectivity index (χ0n) is 19.2. The van der Waals surface area contributed by atoms with Crippen molar-refractivity contribution in [3.05, 3.63) is 34.1 Å². The fraction of sp³-hybridized carbons (Fsp3) is 0.625. The average molecular weight is 494 g/mol. The molecule has 2 aliphatic rings. The Morgan fingerprint density at radius 3 is 2.76 bits per heavy atom. The number of aromatic nitrogens is 2. The van der Waals surface area contributed by atoms with Crippen molar-refractivity contribution < 1.29 is 9.32 Å². The van der Waals surface area contributed by atoms with Gasteiger partial charge in [-0.1, -0.05) is 35.3 Å². The Morgan fingerprint density at radius 2 is 2.00 bits per heavy atom. The Labute approximate surface area is 205 Å². The van der Waals surface area contributed by atoms with E-state index in [4.69, 9.17) is 27.7 Å². The fourth-order valence-electron chi connectivity index (χ4n) is 4.79. The van der Waals surface area contributed by atoms with E-state index in [9.17, 15) is 4.79 Å². The van der Waals surface area contributed by atoms with E-state index in [1.165, 1.54) is 25.9 Å². The van der Waals surface area contributed by atoms with Gasteiger partial charge in [-0.2, -0.15) is 4.98 Å². The summed E-state index contributed by atoms with van der Waals surface area (Å²) in [6.07, 6.45) is 5.36. The monoisotopic (exact) mass is 493 g/mol. The lowest BCUT2D eigenvalue weighted by Gasteiger charge is -2.31. The van der Waals surface area contributed by atoms with Crippen molar-refractivity contribution in [3.63, 3.8) is 0 Å². The third-order valence-electron chi connectivity index (χ3n) is 6.65. The van der Waals surface area contributed by atoms with Gasteiger partial charge in [-0.25, -0.2) is 0 Å². The van der Waals surface area contributed by atoms with Gasteiger partial charge >= 0.3 is 0 Å². The van der Waals surface area contributed by atoms with Crippen molar-refractivity contribution in [1.29, 1.82) is 0 Å². The molecule has 0 spiro atoms. The highest BCUT2D eigenvalue weighted by Gasteiger charge is 2.26. The van der Waals surface area contributed by atoms with Crippen LogP contribution in [0.15, 0.2) is 22.7 Å². The van der Waals surface area contributed by atoms with Crippen molar-refractivity contribution in [2.24, 2.45) is 11.8 Å². The maximum Gasteiger partial charge on any atom is 0.241 e. The molecule has 1 aromatic carbocycles. The molecule has 9 heteroatoms. The number of nitrogens with zero attached hydrogens (tertiary/aromatic N) is 4. The van der Waals surface area contributed by atoms with Crippen LogP contribution < -0.4 is 5.32 Å². The van der Waals surface area contributed by atoms with Gasteiger partial charge in [0, 0.05) is 29.6 Å². The molecule has 0 aliphatic carbocycles. The van der Waals surface area contributed by atoms with Gasteiger partial charge in [0.15, 0.2) is 0 Å². The number of hydrogen-bond donors (Lipinski definition) is 1. The van der Waals surface area contributed by atoms with E-state index in [-0.39, 0.29) is 11.8 Å². The lowest BCUT2D eigenvalue weighted by Crippen LogP contribution is -2.41. The minimum Gasteiger partial charge on any atom is -0.356 e. The van der Waals surface area contributed by atoms with Gasteiger partial charge in [0.05, 0.1) is 11.6 Å². The Morgan fingerprint density at radius 1 is 1.18 bits per heavy atom. The molecular weight excluding hydrogens is 461 g/mol. The van der Waals surface area contributed by atoms with E-state index in [1.54, 1.807) is 18.2 Å². The molecule has 1 N–H and O–H groups in total. The van der Waals surface area contributed by atoms with Crippen LogP contribution in [0.2, 0.25) is 10.0 Å². The first kappa shape index (κ1) is 24.5. The second kappa shape index (κ2) is 11.6. The van der Waals surface area contributed by atoms with Crippen molar-refractivity contribution >= 4 is 29.1 Å². The first-order valence-electron chi connectivity index (χ1n) is 12.0. The second-order valence-electron chi connectivity index (χ2n) is 9.38. The van der Waals surface area contributed by atoms with Gasteiger partial charge < -0.3 is 14.7 Å². The predicted octanol–water partition coefficient (Wildman–Crippen LogP) is 4.49. The number of rotatable bonds is 8. The summed E-state index contributed by atoms with van der Waals surface area (Å²) in [7, 11) is 0. The Hall–Kier alpha value is -1.67. The van der Waals surface area contributed by atoms with Crippen molar-refractivity contribution in [2.75, 3.05) is 39.3 Å². The van der Waals surface area contributed by atoms with Crippen LogP contribution in [0.4, 0.5) is 0 Å². The molecule has 33 heavy (non-hydrogen) atoms. The van der Waals surface area contributed by atoms with Gasteiger partial charge in [-0.15, -0.1) is 0 Å². The number of carbonyl (C=O) groups is 1. The number of hydrogen-bond acceptors (Lipinski definition) is 6. The predicted molar refractivity (Wildman–Crippen MR) is 130 cm³/mol. The van der Waals surface area contributed by atoms with E-state index in [0.717, 1.165) is 51.4 Å². The first-order chi connectivity index (χ1) is 16.0. The summed E-state index contributed by atoms with van der Waals surface area (Å²) in [6.45, 7) is 8.81. The molecule has 2 aromatic rings. The molecule has 1 unspecified atom stereocenters. The fourth-order valence-corrected chi connectivity index (χ4v) is 5.29. The van der Waals surface area contributed by atoms with Crippen LogP contribution in [0.25, 0.3) is 11.4 Å². The molecule has 2 aliphatic heterocycles. The molecule has 4 rings (SSSR count). The lowest BCUT2D eigenvalue weighted by molar-refractivity contribution is -0.126. The summed E-state index contributed by atoms with van der Waals surface area (Å²) in [4.78, 5) is 21.8. The first-order valence-corrected chi connectivity index (χ1v) is 12.7. The summed E-state index contributed by atoms with van der Waals surface area (Å²) in [5.41, 5.74) is 0.696. The number of carbonyl (C=O) groups excluding carboxylic acids is 1. The van der Waals surface area contributed by atoms with Crippen LogP contribution in [0.3, 0.4) is 0 Å². The summed E-state index contributed by atoms with van der Waals surface area (Å²) in [6, 6.07) is 5.21. The zero-order valence-corrected chi connectivity index (χ0v) is 20.7. The zero-order chi connectivity index (χ0) is 23.2. The van der Waals surface area contributed by atoms with Gasteiger partial charge in [-0.05, 0) is 82.4 Å². The number of benzene rings is 1. The topological polar surface area (TPSA) is 74.5 Å². The smallest absolute Gasteiger partial charge is 0.241 e. The Bertz CT molecular complexity index is 929. The van der Waals surface area contributed by atoms with Crippen LogP contribution in [0.1, 0.15) is 44.9 Å². The SMILES string of the molecule is CC1CCCN(CCCNC(=O)C2CCN(Cc3nc(-c4ccc(Cl)cc4Cl)no3)CC2)C1. The Kier molecular flexibility index (Phi) is 8.63. The highest BCUT2D eigenvalue weighted by molar-refractivity contribution is 6.36. The highest BCUT2D eigenvalue weighted by Crippen LogP contribution is 2.28. The molecule has 180 valence electrons. The minimum atomic E-state index is 0.0855. The van der Waals surface area contributed by atoms with E-state index < -0.39 is 0 Å². The van der Waals surface area contributed by atoms with E-state index in [0.29, 0.717) is 33.9 Å². The standard InChI is InChI=1S/C24H33Cl2N5O2/c1-17-4-2-10-30(15-17)11-3-9-27-24(32)18-7-12-31(13-8-18)16-22-28-23(29-33-22)20-6-5-19(25)14-21(20)26/h5-6,14,17-18H,2-4,7-13,15-16H2,1H3,(H,27,32). The summed E-state index contributed by atoms with van der Waals surface area (Å²) in [5.74, 6) is 2.08. The quantitative estimate of drug-likeness (QED) is 0.545. The van der Waals surface area contributed by atoms with Crippen LogP contribution in [0.5, 0.6) is 0 Å². The molecule has 1 aromatic heterocycles. The van der Waals surface area contributed by atoms with Crippen LogP contribution >= 0.6 is 23.2 Å². The minimum absolute atomic E-state index is 0.0855. The third-order valence-corrected chi connectivity index (χ3v) is 7.20. The van der Waals surface area contributed by atoms with Crippen molar-refractivity contribution in [3.8, 4) is 11.4 Å². The number of nitrogens with one attached hydrogen (secondary N) is 1. The highest BCUT2D eigenvalue weighted by atomic mass is 35.5. The van der Waals surface area contributed by atoms with Crippen LogP contribution in [-0.4, -0.2) is 65.1 Å². The van der Waals surface area contributed by atoms with Crippen molar-refractivity contribution in [2.45, 2.75) is 45.6 Å². The summed E-state index contributed by atoms with van der Waals surface area (Å²) in [5, 5.41) is 8.27. The number of piperidine rings is 2. The van der Waals surface area contributed by atoms with Gasteiger partial charge in [0.1, 0.15) is 0 Å². The van der Waals surface area contributed by atoms with Crippen LogP contribution in [-0.2, 0) is 11.3 Å². The van der Waals surface area contributed by atoms with Gasteiger partial charge in [0.2, 0.25) is 17.6 Å². The average Bonchev–Trinajstić information content (AvgIpc) is 3.25. The second-order valence-corrected chi connectivity index (χ2v) is 10.2. The summed E-state index contributed by atoms with van der Waals surface area (Å²) >= 11 is 12.2. The number of likely N-dealkylation sites (tertiary alicyclic amines) is 2. The van der Waals surface area contributed by atoms with Crippen LogP contribution in [0, 0.1) is 11.8 Å². The number of amides is 1. The third kappa shape index (κ3) is 6.92. The van der Waals surface area contributed by atoms with E-state index >= 15 is 0 Å². The molecule has 0 radical (unpaired) electrons. The number of halogens is 2. The molecule has 1 atom stereocenters. The maximum absolute atomic E-state index is 12.6. The Balaban J connectivity index is 1.16. The maximum atomic E-state index is 12.6. The van der Waals surface area contributed by atoms with Gasteiger partial charge in [0.25, 0.3) is 0 Å².